The molecule has 2 N–H and O–H groups in total. The number of benzene rings is 1. The molecule has 0 aliphatic heterocycles. The van der Waals surface area contributed by atoms with E-state index in [0.717, 1.165) is 5.56 Å². The number of aromatic nitrogens is 3. The van der Waals surface area contributed by atoms with Crippen LogP contribution in [0.5, 0.6) is 0 Å². The number of rotatable bonds is 7. The summed E-state index contributed by atoms with van der Waals surface area (Å²) in [5.74, 6) is -0.0690. The molecule has 0 aliphatic rings. The Hall–Kier alpha value is -2.21. The molecule has 0 saturated carbocycles. The molecule has 2 rings (SSSR count). The minimum Gasteiger partial charge on any atom is -0.387 e. The third kappa shape index (κ3) is 5.45. The van der Waals surface area contributed by atoms with Gasteiger partial charge in [-0.25, -0.2) is 0 Å². The van der Waals surface area contributed by atoms with Crippen molar-refractivity contribution in [1.82, 2.24) is 20.3 Å². The fraction of sp³-hybridized carbons (Fsp3) is 0.500. The number of aryl methyl sites for hydroxylation is 1. The molecule has 0 bridgehead atoms. The third-order valence-electron chi connectivity index (χ3n) is 3.92. The highest BCUT2D eigenvalue weighted by Gasteiger charge is 2.15. The van der Waals surface area contributed by atoms with Gasteiger partial charge in [0.1, 0.15) is 0 Å². The lowest BCUT2D eigenvalue weighted by Gasteiger charge is -2.20. The quantitative estimate of drug-likeness (QED) is 0.815. The first-order valence-electron chi connectivity index (χ1n) is 8.25. The third-order valence-corrected chi connectivity index (χ3v) is 3.92. The molecule has 1 aromatic heterocycles. The molecular formula is C18H26N4O2. The zero-order chi connectivity index (χ0) is 17.6. The first-order chi connectivity index (χ1) is 11.4. The van der Waals surface area contributed by atoms with E-state index >= 15 is 0 Å². The zero-order valence-corrected chi connectivity index (χ0v) is 14.6. The van der Waals surface area contributed by atoms with E-state index in [1.54, 1.807) is 17.1 Å². The molecule has 24 heavy (non-hydrogen) atoms. The van der Waals surface area contributed by atoms with Crippen LogP contribution in [0.4, 0.5) is 0 Å². The Balaban J connectivity index is 1.73. The van der Waals surface area contributed by atoms with E-state index < -0.39 is 6.10 Å². The molecule has 1 atom stereocenters. The molecule has 0 aliphatic carbocycles. The largest absolute Gasteiger partial charge is 0.387 e. The van der Waals surface area contributed by atoms with Crippen molar-refractivity contribution >= 4 is 5.91 Å². The highest BCUT2D eigenvalue weighted by Crippen LogP contribution is 2.23. The molecule has 1 amide bonds. The minimum absolute atomic E-state index is 0.0690. The van der Waals surface area contributed by atoms with Gasteiger partial charge in [0, 0.05) is 25.7 Å². The maximum Gasteiger partial charge on any atom is 0.220 e. The van der Waals surface area contributed by atoms with Crippen molar-refractivity contribution in [2.75, 3.05) is 6.54 Å². The molecule has 6 nitrogen and oxygen atoms in total. The average molecular weight is 330 g/mol. The summed E-state index contributed by atoms with van der Waals surface area (Å²) in [7, 11) is 0. The lowest BCUT2D eigenvalue weighted by molar-refractivity contribution is -0.121. The average Bonchev–Trinajstić information content (AvgIpc) is 3.05. The van der Waals surface area contributed by atoms with Gasteiger partial charge in [-0.15, -0.1) is 5.10 Å². The Kier molecular flexibility index (Phi) is 6.09. The SMILES string of the molecule is CC(C)(C)c1ccc(C(O)CNC(=O)CCCn2ccnn2)cc1. The van der Waals surface area contributed by atoms with Crippen molar-refractivity contribution in [3.8, 4) is 0 Å². The van der Waals surface area contributed by atoms with E-state index in [1.165, 1.54) is 5.56 Å². The van der Waals surface area contributed by atoms with Crippen LogP contribution in [0.25, 0.3) is 0 Å². The lowest BCUT2D eigenvalue weighted by atomic mass is 9.86. The van der Waals surface area contributed by atoms with Gasteiger partial charge in [-0.3, -0.25) is 9.48 Å². The summed E-state index contributed by atoms with van der Waals surface area (Å²) in [4.78, 5) is 11.8. The Bertz CT molecular complexity index is 630. The number of carbonyl (C=O) groups is 1. The van der Waals surface area contributed by atoms with Gasteiger partial charge in [0.15, 0.2) is 0 Å². The van der Waals surface area contributed by atoms with Gasteiger partial charge < -0.3 is 10.4 Å². The molecule has 130 valence electrons. The predicted molar refractivity (Wildman–Crippen MR) is 92.4 cm³/mol. The topological polar surface area (TPSA) is 80.0 Å². The first-order valence-corrected chi connectivity index (χ1v) is 8.25. The van der Waals surface area contributed by atoms with Gasteiger partial charge >= 0.3 is 0 Å². The molecule has 0 radical (unpaired) electrons. The summed E-state index contributed by atoms with van der Waals surface area (Å²) in [5.41, 5.74) is 2.11. The van der Waals surface area contributed by atoms with Gasteiger partial charge in [-0.05, 0) is 23.0 Å². The minimum atomic E-state index is -0.696. The number of aliphatic hydroxyl groups excluding tert-OH is 1. The molecule has 0 fully saturated rings. The van der Waals surface area contributed by atoms with Crippen LogP contribution >= 0.6 is 0 Å². The number of amides is 1. The maximum absolute atomic E-state index is 11.8. The number of nitrogens with zero attached hydrogens (tertiary/aromatic N) is 3. The Morgan fingerprint density at radius 2 is 2.00 bits per heavy atom. The monoisotopic (exact) mass is 330 g/mol. The molecule has 6 heteroatoms. The predicted octanol–water partition coefficient (Wildman–Crippen LogP) is 2.21. The highest BCUT2D eigenvalue weighted by molar-refractivity contribution is 5.75. The maximum atomic E-state index is 11.8. The van der Waals surface area contributed by atoms with Gasteiger partial charge in [-0.1, -0.05) is 50.3 Å². The number of hydrogen-bond donors (Lipinski definition) is 2. The van der Waals surface area contributed by atoms with Crippen molar-refractivity contribution in [1.29, 1.82) is 0 Å². The Morgan fingerprint density at radius 3 is 2.58 bits per heavy atom. The van der Waals surface area contributed by atoms with E-state index in [9.17, 15) is 9.90 Å². The molecular weight excluding hydrogens is 304 g/mol. The molecule has 0 saturated heterocycles. The van der Waals surface area contributed by atoms with E-state index in [-0.39, 0.29) is 17.9 Å². The van der Waals surface area contributed by atoms with Crippen molar-refractivity contribution in [2.45, 2.75) is 51.7 Å². The van der Waals surface area contributed by atoms with Crippen LogP contribution in [-0.4, -0.2) is 32.6 Å². The van der Waals surface area contributed by atoms with Gasteiger partial charge in [-0.2, -0.15) is 0 Å². The van der Waals surface area contributed by atoms with Crippen LogP contribution in [-0.2, 0) is 16.8 Å². The van der Waals surface area contributed by atoms with Gasteiger partial charge in [0.2, 0.25) is 5.91 Å². The molecule has 1 unspecified atom stereocenters. The summed E-state index contributed by atoms with van der Waals surface area (Å²) < 4.78 is 1.69. The second kappa shape index (κ2) is 8.06. The van der Waals surface area contributed by atoms with Crippen LogP contribution in [0.15, 0.2) is 36.7 Å². The lowest BCUT2D eigenvalue weighted by Crippen LogP contribution is -2.28. The van der Waals surface area contributed by atoms with Crippen molar-refractivity contribution in [3.63, 3.8) is 0 Å². The molecule has 0 spiro atoms. The second-order valence-corrected chi connectivity index (χ2v) is 6.96. The second-order valence-electron chi connectivity index (χ2n) is 6.96. The van der Waals surface area contributed by atoms with Crippen LogP contribution in [0, 0.1) is 0 Å². The molecule has 2 aromatic rings. The number of aliphatic hydroxyl groups is 1. The van der Waals surface area contributed by atoms with Gasteiger partial charge in [0.05, 0.1) is 12.3 Å². The van der Waals surface area contributed by atoms with E-state index in [0.29, 0.717) is 19.4 Å². The smallest absolute Gasteiger partial charge is 0.220 e. The highest BCUT2D eigenvalue weighted by atomic mass is 16.3. The van der Waals surface area contributed by atoms with Crippen LogP contribution in [0.2, 0.25) is 0 Å². The van der Waals surface area contributed by atoms with Crippen LogP contribution in [0.1, 0.15) is 50.8 Å². The number of hydrogen-bond acceptors (Lipinski definition) is 4. The van der Waals surface area contributed by atoms with Gasteiger partial charge in [0.25, 0.3) is 0 Å². The Labute approximate surface area is 142 Å². The summed E-state index contributed by atoms with van der Waals surface area (Å²) in [6.07, 6.45) is 3.77. The fourth-order valence-electron chi connectivity index (χ4n) is 2.38. The summed E-state index contributed by atoms with van der Waals surface area (Å²) in [6.45, 7) is 7.33. The standard InChI is InChI=1S/C18H26N4O2/c1-18(2,3)15-8-6-14(7-9-15)16(23)13-19-17(24)5-4-11-22-12-10-20-21-22/h6-10,12,16,23H,4-5,11,13H2,1-3H3,(H,19,24). The van der Waals surface area contributed by atoms with Crippen molar-refractivity contribution < 1.29 is 9.90 Å². The van der Waals surface area contributed by atoms with E-state index in [1.807, 2.05) is 24.3 Å². The summed E-state index contributed by atoms with van der Waals surface area (Å²) in [5, 5.41) is 20.5. The number of nitrogens with one attached hydrogen (secondary N) is 1. The Morgan fingerprint density at radius 1 is 1.29 bits per heavy atom. The number of carbonyl (C=O) groups excluding carboxylic acids is 1. The van der Waals surface area contributed by atoms with Crippen molar-refractivity contribution in [2.24, 2.45) is 0 Å². The summed E-state index contributed by atoms with van der Waals surface area (Å²) >= 11 is 0. The summed E-state index contributed by atoms with van der Waals surface area (Å²) in [6, 6.07) is 7.89. The van der Waals surface area contributed by atoms with Crippen molar-refractivity contribution in [3.05, 3.63) is 47.8 Å². The van der Waals surface area contributed by atoms with E-state index in [4.69, 9.17) is 0 Å². The van der Waals surface area contributed by atoms with Crippen LogP contribution < -0.4 is 5.32 Å². The molecule has 1 aromatic carbocycles. The fourth-order valence-corrected chi connectivity index (χ4v) is 2.38. The van der Waals surface area contributed by atoms with Crippen LogP contribution in [0.3, 0.4) is 0 Å². The normalized spacial score (nSPS) is 12.8. The van der Waals surface area contributed by atoms with E-state index in [2.05, 4.69) is 36.4 Å². The molecule has 1 heterocycles. The zero-order valence-electron chi connectivity index (χ0n) is 14.6. The first kappa shape index (κ1) is 18.1.